The van der Waals surface area contributed by atoms with Crippen molar-refractivity contribution in [1.29, 1.82) is 0 Å². The maximum atomic E-state index is 12.3. The van der Waals surface area contributed by atoms with Crippen molar-refractivity contribution in [2.45, 2.75) is 64.2 Å². The Morgan fingerprint density at radius 2 is 1.91 bits per heavy atom. The van der Waals surface area contributed by atoms with Gasteiger partial charge in [-0.1, -0.05) is 6.92 Å². The third kappa shape index (κ3) is 4.72. The predicted octanol–water partition coefficient (Wildman–Crippen LogP) is 2.20. The van der Waals surface area contributed by atoms with Gasteiger partial charge >= 0.3 is 0 Å². The second-order valence-corrected chi connectivity index (χ2v) is 8.35. The second-order valence-electron chi connectivity index (χ2n) is 6.87. The van der Waals surface area contributed by atoms with Crippen LogP contribution < -0.4 is 5.32 Å². The molecule has 0 spiro atoms. The molecule has 1 atom stereocenters. The minimum absolute atomic E-state index is 0.0125. The molecule has 1 aliphatic carbocycles. The topological polar surface area (TPSA) is 66.5 Å². The van der Waals surface area contributed by atoms with Crippen molar-refractivity contribution in [1.82, 2.24) is 10.2 Å². The van der Waals surface area contributed by atoms with Crippen LogP contribution in [0.1, 0.15) is 52.9 Å². The SMILES string of the molecule is CCSC1CC(=O)N(CC2CCC(C(=O)NC(C)C)CC2)C1=O. The summed E-state index contributed by atoms with van der Waals surface area (Å²) in [4.78, 5) is 37.9. The summed E-state index contributed by atoms with van der Waals surface area (Å²) >= 11 is 1.56. The summed E-state index contributed by atoms with van der Waals surface area (Å²) in [5, 5.41) is 2.79. The number of nitrogens with zero attached hydrogens (tertiary/aromatic N) is 1. The van der Waals surface area contributed by atoms with Crippen LogP contribution in [-0.4, -0.2) is 46.2 Å². The van der Waals surface area contributed by atoms with Gasteiger partial charge in [0.15, 0.2) is 0 Å². The molecule has 1 heterocycles. The van der Waals surface area contributed by atoms with Crippen molar-refractivity contribution in [2.24, 2.45) is 11.8 Å². The van der Waals surface area contributed by atoms with Crippen molar-refractivity contribution in [2.75, 3.05) is 12.3 Å². The highest BCUT2D eigenvalue weighted by Gasteiger charge is 2.40. The summed E-state index contributed by atoms with van der Waals surface area (Å²) in [5.74, 6) is 1.39. The van der Waals surface area contributed by atoms with E-state index < -0.39 is 0 Å². The third-order valence-corrected chi connectivity index (χ3v) is 5.76. The van der Waals surface area contributed by atoms with Gasteiger partial charge in [-0.3, -0.25) is 19.3 Å². The Morgan fingerprint density at radius 1 is 1.26 bits per heavy atom. The molecule has 3 amide bonds. The van der Waals surface area contributed by atoms with E-state index in [2.05, 4.69) is 5.32 Å². The summed E-state index contributed by atoms with van der Waals surface area (Å²) in [7, 11) is 0. The summed E-state index contributed by atoms with van der Waals surface area (Å²) in [5.41, 5.74) is 0. The van der Waals surface area contributed by atoms with E-state index in [-0.39, 0.29) is 34.9 Å². The van der Waals surface area contributed by atoms with Gasteiger partial charge < -0.3 is 5.32 Å². The predicted molar refractivity (Wildman–Crippen MR) is 92.0 cm³/mol. The molecule has 0 aromatic rings. The van der Waals surface area contributed by atoms with Gasteiger partial charge in [0.1, 0.15) is 0 Å². The first kappa shape index (κ1) is 18.3. The lowest BCUT2D eigenvalue weighted by molar-refractivity contribution is -0.139. The number of carbonyl (C=O) groups excluding carboxylic acids is 3. The lowest BCUT2D eigenvalue weighted by Gasteiger charge is -2.30. The summed E-state index contributed by atoms with van der Waals surface area (Å²) in [6, 6.07) is 0.174. The van der Waals surface area contributed by atoms with Crippen molar-refractivity contribution in [3.63, 3.8) is 0 Å². The van der Waals surface area contributed by atoms with E-state index in [1.165, 1.54) is 4.90 Å². The number of hydrogen-bond acceptors (Lipinski definition) is 4. The van der Waals surface area contributed by atoms with E-state index in [9.17, 15) is 14.4 Å². The molecule has 1 saturated carbocycles. The number of thioether (sulfide) groups is 1. The normalized spacial score (nSPS) is 28.5. The number of carbonyl (C=O) groups is 3. The number of rotatable bonds is 6. The van der Waals surface area contributed by atoms with E-state index in [4.69, 9.17) is 0 Å². The highest BCUT2D eigenvalue weighted by Crippen LogP contribution is 2.32. The summed E-state index contributed by atoms with van der Waals surface area (Å²) < 4.78 is 0. The molecule has 1 saturated heterocycles. The quantitative estimate of drug-likeness (QED) is 0.753. The fourth-order valence-electron chi connectivity index (χ4n) is 3.44. The van der Waals surface area contributed by atoms with E-state index in [1.807, 2.05) is 20.8 Å². The van der Waals surface area contributed by atoms with Crippen LogP contribution in [-0.2, 0) is 14.4 Å². The average molecular weight is 340 g/mol. The number of imide groups is 1. The number of amides is 3. The zero-order valence-corrected chi connectivity index (χ0v) is 15.2. The van der Waals surface area contributed by atoms with Crippen molar-refractivity contribution in [3.05, 3.63) is 0 Å². The van der Waals surface area contributed by atoms with Crippen LogP contribution in [0.4, 0.5) is 0 Å². The Bertz CT molecular complexity index is 459. The maximum Gasteiger partial charge on any atom is 0.242 e. The van der Waals surface area contributed by atoms with Gasteiger partial charge in [-0.15, -0.1) is 11.8 Å². The lowest BCUT2D eigenvalue weighted by Crippen LogP contribution is -2.40. The van der Waals surface area contributed by atoms with Gasteiger partial charge in [-0.2, -0.15) is 0 Å². The fourth-order valence-corrected chi connectivity index (χ4v) is 4.38. The number of likely N-dealkylation sites (tertiary alicyclic amines) is 1. The van der Waals surface area contributed by atoms with Gasteiger partial charge in [0.05, 0.1) is 5.25 Å². The minimum Gasteiger partial charge on any atom is -0.354 e. The first-order chi connectivity index (χ1) is 10.9. The third-order valence-electron chi connectivity index (χ3n) is 4.66. The Kier molecular flexibility index (Phi) is 6.50. The fraction of sp³-hybridized carbons (Fsp3) is 0.824. The molecule has 5 nitrogen and oxygen atoms in total. The van der Waals surface area contributed by atoms with Crippen molar-refractivity contribution in [3.8, 4) is 0 Å². The Hall–Kier alpha value is -1.04. The monoisotopic (exact) mass is 340 g/mol. The van der Waals surface area contributed by atoms with E-state index in [0.29, 0.717) is 18.9 Å². The molecule has 0 aromatic heterocycles. The smallest absolute Gasteiger partial charge is 0.242 e. The van der Waals surface area contributed by atoms with Gasteiger partial charge in [-0.25, -0.2) is 0 Å². The minimum atomic E-state index is -0.180. The van der Waals surface area contributed by atoms with Crippen LogP contribution in [0.15, 0.2) is 0 Å². The van der Waals surface area contributed by atoms with Crippen LogP contribution in [0.25, 0.3) is 0 Å². The standard InChI is InChI=1S/C17H28N2O3S/c1-4-23-14-9-15(20)19(17(14)22)10-12-5-7-13(8-6-12)16(21)18-11(2)3/h11-14H,4-10H2,1-3H3,(H,18,21). The maximum absolute atomic E-state index is 12.3. The van der Waals surface area contributed by atoms with Gasteiger partial charge in [0, 0.05) is 24.9 Å². The molecule has 0 bridgehead atoms. The van der Waals surface area contributed by atoms with Gasteiger partial charge in [-0.05, 0) is 51.2 Å². The zero-order chi connectivity index (χ0) is 17.0. The average Bonchev–Trinajstić information content (AvgIpc) is 2.75. The second kappa shape index (κ2) is 8.18. The molecule has 23 heavy (non-hydrogen) atoms. The lowest BCUT2D eigenvalue weighted by atomic mass is 9.81. The van der Waals surface area contributed by atoms with E-state index in [0.717, 1.165) is 31.4 Å². The van der Waals surface area contributed by atoms with Gasteiger partial charge in [0.25, 0.3) is 0 Å². The number of nitrogens with one attached hydrogen (secondary N) is 1. The Balaban J connectivity index is 1.81. The summed E-state index contributed by atoms with van der Waals surface area (Å²) in [6.07, 6.45) is 3.89. The molecule has 0 aromatic carbocycles. The molecule has 0 radical (unpaired) electrons. The first-order valence-corrected chi connectivity index (χ1v) is 9.73. The van der Waals surface area contributed by atoms with Crippen molar-refractivity contribution >= 4 is 29.5 Å². The Labute approximate surface area is 142 Å². The van der Waals surface area contributed by atoms with E-state index >= 15 is 0 Å². The molecular formula is C17H28N2O3S. The zero-order valence-electron chi connectivity index (χ0n) is 14.3. The Morgan fingerprint density at radius 3 is 2.48 bits per heavy atom. The first-order valence-electron chi connectivity index (χ1n) is 8.68. The highest BCUT2D eigenvalue weighted by atomic mass is 32.2. The number of hydrogen-bond donors (Lipinski definition) is 1. The molecule has 2 rings (SSSR count). The summed E-state index contributed by atoms with van der Waals surface area (Å²) in [6.45, 7) is 6.49. The van der Waals surface area contributed by atoms with Crippen LogP contribution >= 0.6 is 11.8 Å². The molecule has 1 unspecified atom stereocenters. The molecule has 130 valence electrons. The molecule has 2 aliphatic rings. The van der Waals surface area contributed by atoms with E-state index in [1.54, 1.807) is 11.8 Å². The molecule has 1 aliphatic heterocycles. The van der Waals surface area contributed by atoms with Gasteiger partial charge in [0.2, 0.25) is 17.7 Å². The van der Waals surface area contributed by atoms with Crippen LogP contribution in [0.5, 0.6) is 0 Å². The van der Waals surface area contributed by atoms with Crippen molar-refractivity contribution < 1.29 is 14.4 Å². The molecule has 6 heteroatoms. The van der Waals surface area contributed by atoms with Crippen LogP contribution in [0.3, 0.4) is 0 Å². The van der Waals surface area contributed by atoms with Crippen LogP contribution in [0.2, 0.25) is 0 Å². The molecule has 1 N–H and O–H groups in total. The van der Waals surface area contributed by atoms with Crippen LogP contribution in [0, 0.1) is 11.8 Å². The molecular weight excluding hydrogens is 312 g/mol. The molecule has 2 fully saturated rings. The largest absolute Gasteiger partial charge is 0.354 e. The highest BCUT2D eigenvalue weighted by molar-refractivity contribution is 8.00.